The van der Waals surface area contributed by atoms with Crippen molar-refractivity contribution in [3.63, 3.8) is 0 Å². The predicted molar refractivity (Wildman–Crippen MR) is 128 cm³/mol. The Morgan fingerprint density at radius 3 is 2.94 bits per heavy atom. The van der Waals surface area contributed by atoms with Crippen molar-refractivity contribution in [2.75, 3.05) is 18.0 Å². The van der Waals surface area contributed by atoms with E-state index in [1.165, 1.54) is 0 Å². The molecule has 2 N–H and O–H groups in total. The van der Waals surface area contributed by atoms with Crippen LogP contribution >= 0.6 is 0 Å². The Morgan fingerprint density at radius 2 is 2.09 bits per heavy atom. The summed E-state index contributed by atoms with van der Waals surface area (Å²) in [6.45, 7) is 4.29. The third-order valence-corrected chi connectivity index (χ3v) is 6.10. The first kappa shape index (κ1) is 20.3. The van der Waals surface area contributed by atoms with E-state index in [2.05, 4.69) is 27.8 Å². The molecule has 4 heterocycles. The maximum atomic E-state index is 13.6. The molecular weight excluding hydrogens is 400 g/mol. The van der Waals surface area contributed by atoms with Crippen LogP contribution in [0.2, 0.25) is 0 Å². The summed E-state index contributed by atoms with van der Waals surface area (Å²) in [5, 5.41) is 2.16. The summed E-state index contributed by atoms with van der Waals surface area (Å²) < 4.78 is 3.68. The average Bonchev–Trinajstić information content (AvgIpc) is 3.19. The monoisotopic (exact) mass is 426 g/mol. The van der Waals surface area contributed by atoms with Crippen LogP contribution in [0.25, 0.3) is 21.8 Å². The first-order chi connectivity index (χ1) is 15.7. The molecule has 1 atom stereocenters. The number of rotatable bonds is 4. The highest BCUT2D eigenvalue weighted by Gasteiger charge is 2.24. The highest BCUT2D eigenvalue weighted by atomic mass is 16.1. The lowest BCUT2D eigenvalue weighted by Crippen LogP contribution is -2.44. The van der Waals surface area contributed by atoms with Crippen LogP contribution in [0.15, 0.2) is 53.7 Å². The second-order valence-electron chi connectivity index (χ2n) is 8.28. The summed E-state index contributed by atoms with van der Waals surface area (Å²) in [6, 6.07) is 10.1. The second-order valence-corrected chi connectivity index (χ2v) is 8.28. The van der Waals surface area contributed by atoms with Crippen molar-refractivity contribution in [1.29, 1.82) is 0 Å². The van der Waals surface area contributed by atoms with Crippen LogP contribution in [0, 0.1) is 11.8 Å². The van der Waals surface area contributed by atoms with E-state index in [1.807, 2.05) is 47.4 Å². The van der Waals surface area contributed by atoms with Gasteiger partial charge in [0, 0.05) is 43.1 Å². The predicted octanol–water partition coefficient (Wildman–Crippen LogP) is 2.75. The average molecular weight is 427 g/mol. The molecule has 5 rings (SSSR count). The summed E-state index contributed by atoms with van der Waals surface area (Å²) >= 11 is 0. The van der Waals surface area contributed by atoms with Gasteiger partial charge >= 0.3 is 0 Å². The first-order valence-electron chi connectivity index (χ1n) is 11.0. The molecule has 0 spiro atoms. The Hall–Kier alpha value is -3.63. The van der Waals surface area contributed by atoms with E-state index in [9.17, 15) is 4.79 Å². The van der Waals surface area contributed by atoms with E-state index in [4.69, 9.17) is 10.7 Å². The van der Waals surface area contributed by atoms with E-state index in [-0.39, 0.29) is 11.6 Å². The van der Waals surface area contributed by atoms with Gasteiger partial charge in [0.1, 0.15) is 5.52 Å². The lowest BCUT2D eigenvalue weighted by Gasteiger charge is -2.31. The molecule has 7 nitrogen and oxygen atoms in total. The number of hydrogen-bond donors (Lipinski definition) is 1. The number of hydrogen-bond acceptors (Lipinski definition) is 5. The number of nitrogens with zero attached hydrogens (tertiary/aromatic N) is 5. The highest BCUT2D eigenvalue weighted by molar-refractivity contribution is 5.84. The number of benzene rings is 1. The fourth-order valence-electron chi connectivity index (χ4n) is 4.52. The van der Waals surface area contributed by atoms with Crippen LogP contribution in [0.3, 0.4) is 0 Å². The zero-order valence-corrected chi connectivity index (χ0v) is 18.2. The molecule has 1 aromatic carbocycles. The molecule has 4 aromatic rings. The molecule has 162 valence electrons. The number of pyridine rings is 2. The van der Waals surface area contributed by atoms with Crippen molar-refractivity contribution in [1.82, 2.24) is 19.1 Å². The molecule has 0 amide bonds. The molecule has 32 heavy (non-hydrogen) atoms. The van der Waals surface area contributed by atoms with Crippen LogP contribution in [0.1, 0.15) is 25.3 Å². The van der Waals surface area contributed by atoms with Gasteiger partial charge < -0.3 is 15.2 Å². The Kier molecular flexibility index (Phi) is 5.38. The van der Waals surface area contributed by atoms with Gasteiger partial charge in [0.25, 0.3) is 5.56 Å². The molecule has 0 radical (unpaired) electrons. The van der Waals surface area contributed by atoms with Crippen molar-refractivity contribution >= 4 is 27.8 Å². The van der Waals surface area contributed by atoms with E-state index in [1.54, 1.807) is 11.5 Å². The Balaban J connectivity index is 1.62. The summed E-state index contributed by atoms with van der Waals surface area (Å²) in [5.41, 5.74) is 8.41. The topological polar surface area (TPSA) is 82.0 Å². The zero-order chi connectivity index (χ0) is 22.1. The minimum atomic E-state index is -0.0756. The molecule has 7 heteroatoms. The third kappa shape index (κ3) is 3.63. The normalized spacial score (nSPS) is 16.3. The van der Waals surface area contributed by atoms with Gasteiger partial charge in [-0.05, 0) is 36.8 Å². The molecule has 1 aliphatic rings. The molecule has 1 saturated heterocycles. The van der Waals surface area contributed by atoms with Crippen molar-refractivity contribution in [2.45, 2.75) is 38.9 Å². The maximum absolute atomic E-state index is 13.6. The molecule has 1 fully saturated rings. The Morgan fingerprint density at radius 1 is 1.22 bits per heavy atom. The van der Waals surface area contributed by atoms with Gasteiger partial charge in [0.05, 0.1) is 18.6 Å². The second kappa shape index (κ2) is 8.48. The molecular formula is C25H26N6O. The number of nitrogens with two attached hydrogens (primary N) is 1. The number of fused-ring (bicyclic) bond motifs is 2. The summed E-state index contributed by atoms with van der Waals surface area (Å²) in [7, 11) is 0. The Labute approximate surface area is 186 Å². The largest absolute Gasteiger partial charge is 0.341 e. The molecule has 0 bridgehead atoms. The van der Waals surface area contributed by atoms with Gasteiger partial charge in [0.15, 0.2) is 0 Å². The van der Waals surface area contributed by atoms with Gasteiger partial charge in [-0.1, -0.05) is 30.2 Å². The van der Waals surface area contributed by atoms with Crippen molar-refractivity contribution in [2.24, 2.45) is 5.73 Å². The minimum Gasteiger partial charge on any atom is -0.341 e. The molecule has 0 saturated carbocycles. The van der Waals surface area contributed by atoms with E-state index < -0.39 is 0 Å². The van der Waals surface area contributed by atoms with Crippen LogP contribution in [-0.2, 0) is 13.1 Å². The van der Waals surface area contributed by atoms with Gasteiger partial charge in [-0.15, -0.1) is 5.92 Å². The quantitative estimate of drug-likeness (QED) is 0.508. The smallest absolute Gasteiger partial charge is 0.277 e. The van der Waals surface area contributed by atoms with Crippen LogP contribution in [-0.4, -0.2) is 38.2 Å². The van der Waals surface area contributed by atoms with E-state index in [0.717, 1.165) is 48.2 Å². The highest BCUT2D eigenvalue weighted by Crippen LogP contribution is 2.24. The van der Waals surface area contributed by atoms with Crippen LogP contribution in [0.5, 0.6) is 0 Å². The van der Waals surface area contributed by atoms with Gasteiger partial charge in [-0.25, -0.2) is 4.98 Å². The SMILES string of the molecule is CC#CCn1c(N2CCCC(N)C2)nc2ccn(Cc3cncc4ccccc34)c(=O)c21. The fourth-order valence-corrected chi connectivity index (χ4v) is 4.52. The lowest BCUT2D eigenvalue weighted by atomic mass is 10.1. The van der Waals surface area contributed by atoms with E-state index >= 15 is 0 Å². The first-order valence-corrected chi connectivity index (χ1v) is 11.0. The molecule has 3 aromatic heterocycles. The number of aromatic nitrogens is 4. The zero-order valence-electron chi connectivity index (χ0n) is 18.2. The molecule has 0 aliphatic carbocycles. The van der Waals surface area contributed by atoms with Crippen molar-refractivity contribution < 1.29 is 0 Å². The number of imidazole rings is 1. The van der Waals surface area contributed by atoms with Crippen LogP contribution < -0.4 is 16.2 Å². The number of piperidine rings is 1. The fraction of sp³-hybridized carbons (Fsp3) is 0.320. The summed E-state index contributed by atoms with van der Waals surface area (Å²) in [4.78, 5) is 25.0. The summed E-state index contributed by atoms with van der Waals surface area (Å²) in [6.07, 6.45) is 7.53. The number of anilines is 1. The standard InChI is InChI=1S/C25H26N6O/c1-2-3-12-31-23-22(28-25(31)30-11-6-8-20(26)17-30)10-13-29(24(23)32)16-19-15-27-14-18-7-4-5-9-21(18)19/h4-5,7,9-10,13-15,20H,6,8,11-12,16-17,26H2,1H3. The van der Waals surface area contributed by atoms with Crippen molar-refractivity contribution in [3.05, 3.63) is 64.8 Å². The van der Waals surface area contributed by atoms with Gasteiger partial charge in [-0.2, -0.15) is 0 Å². The third-order valence-electron chi connectivity index (χ3n) is 6.10. The lowest BCUT2D eigenvalue weighted by molar-refractivity contribution is 0.496. The van der Waals surface area contributed by atoms with E-state index in [0.29, 0.717) is 24.1 Å². The summed E-state index contributed by atoms with van der Waals surface area (Å²) in [5.74, 6) is 6.83. The van der Waals surface area contributed by atoms with Crippen molar-refractivity contribution in [3.8, 4) is 11.8 Å². The maximum Gasteiger partial charge on any atom is 0.277 e. The van der Waals surface area contributed by atoms with Gasteiger partial charge in [0.2, 0.25) is 5.95 Å². The molecule has 1 aliphatic heterocycles. The van der Waals surface area contributed by atoms with Crippen LogP contribution in [0.4, 0.5) is 5.95 Å². The minimum absolute atomic E-state index is 0.0756. The Bertz CT molecular complexity index is 1400. The molecule has 1 unspecified atom stereocenters. The van der Waals surface area contributed by atoms with Gasteiger partial charge in [-0.3, -0.25) is 14.3 Å².